The largest absolute Gasteiger partial charge is 0.496 e. The molecule has 2 aliphatic rings. The molecule has 6 heteroatoms. The van der Waals surface area contributed by atoms with Gasteiger partial charge in [0.15, 0.2) is 0 Å². The van der Waals surface area contributed by atoms with Gasteiger partial charge < -0.3 is 14.4 Å². The summed E-state index contributed by atoms with van der Waals surface area (Å²) in [6.07, 6.45) is 1.69. The van der Waals surface area contributed by atoms with E-state index in [-0.39, 0.29) is 17.2 Å². The number of ether oxygens (including phenoxy) is 2. The van der Waals surface area contributed by atoms with Crippen molar-refractivity contribution in [3.05, 3.63) is 28.2 Å². The standard InChI is InChI=1S/C16H20BrNO3S/c1-20-14-3-2-12(10-13(14)17)16-18(6-9-22-16)15(19)11-4-7-21-8-5-11/h2-3,10-11,16H,4-9H2,1H3. The fourth-order valence-electron chi connectivity index (χ4n) is 2.99. The first-order valence-corrected chi connectivity index (χ1v) is 9.38. The van der Waals surface area contributed by atoms with Crippen molar-refractivity contribution >= 4 is 33.6 Å². The Kier molecular flexibility index (Phi) is 5.31. The molecule has 0 aromatic heterocycles. The van der Waals surface area contributed by atoms with Crippen molar-refractivity contribution in [2.45, 2.75) is 18.2 Å². The van der Waals surface area contributed by atoms with E-state index in [0.29, 0.717) is 13.2 Å². The second-order valence-corrected chi connectivity index (χ2v) is 7.58. The lowest BCUT2D eigenvalue weighted by molar-refractivity contribution is -0.138. The normalized spacial score (nSPS) is 22.8. The van der Waals surface area contributed by atoms with Crippen LogP contribution in [-0.4, -0.2) is 43.4 Å². The molecule has 3 rings (SSSR count). The fourth-order valence-corrected chi connectivity index (χ4v) is 4.80. The summed E-state index contributed by atoms with van der Waals surface area (Å²) in [5.41, 5.74) is 1.15. The number of carbonyl (C=O) groups is 1. The highest BCUT2D eigenvalue weighted by Crippen LogP contribution is 2.41. The third kappa shape index (κ3) is 3.29. The van der Waals surface area contributed by atoms with Crippen molar-refractivity contribution in [3.8, 4) is 5.75 Å². The van der Waals surface area contributed by atoms with Crippen molar-refractivity contribution < 1.29 is 14.3 Å². The zero-order valence-electron chi connectivity index (χ0n) is 12.6. The van der Waals surface area contributed by atoms with E-state index >= 15 is 0 Å². The van der Waals surface area contributed by atoms with Gasteiger partial charge in [-0.1, -0.05) is 6.07 Å². The molecule has 1 atom stereocenters. The number of benzene rings is 1. The smallest absolute Gasteiger partial charge is 0.227 e. The summed E-state index contributed by atoms with van der Waals surface area (Å²) in [6.45, 7) is 2.24. The Morgan fingerprint density at radius 1 is 1.41 bits per heavy atom. The molecule has 2 fully saturated rings. The molecular formula is C16H20BrNO3S. The van der Waals surface area contributed by atoms with Crippen LogP contribution in [0.15, 0.2) is 22.7 Å². The minimum Gasteiger partial charge on any atom is -0.496 e. The molecule has 2 saturated heterocycles. The van der Waals surface area contributed by atoms with E-state index < -0.39 is 0 Å². The molecule has 0 bridgehead atoms. The van der Waals surface area contributed by atoms with Crippen LogP contribution >= 0.6 is 27.7 Å². The number of thioether (sulfide) groups is 1. The number of methoxy groups -OCH3 is 1. The average molecular weight is 386 g/mol. The number of halogens is 1. The van der Waals surface area contributed by atoms with Crippen molar-refractivity contribution in [1.29, 1.82) is 0 Å². The molecule has 22 heavy (non-hydrogen) atoms. The van der Waals surface area contributed by atoms with E-state index in [1.165, 1.54) is 0 Å². The van der Waals surface area contributed by atoms with Gasteiger partial charge in [-0.05, 0) is 46.5 Å². The summed E-state index contributed by atoms with van der Waals surface area (Å²) in [4.78, 5) is 14.8. The van der Waals surface area contributed by atoms with Gasteiger partial charge in [0.25, 0.3) is 0 Å². The molecule has 1 unspecified atom stereocenters. The van der Waals surface area contributed by atoms with Crippen LogP contribution in [-0.2, 0) is 9.53 Å². The van der Waals surface area contributed by atoms with Gasteiger partial charge in [0, 0.05) is 31.4 Å². The van der Waals surface area contributed by atoms with Crippen LogP contribution in [0.25, 0.3) is 0 Å². The highest BCUT2D eigenvalue weighted by atomic mass is 79.9. The molecule has 0 spiro atoms. The maximum Gasteiger partial charge on any atom is 0.227 e. The van der Waals surface area contributed by atoms with Gasteiger partial charge in [-0.25, -0.2) is 0 Å². The molecule has 0 saturated carbocycles. The summed E-state index contributed by atoms with van der Waals surface area (Å²) in [5.74, 6) is 2.21. The van der Waals surface area contributed by atoms with Crippen molar-refractivity contribution in [3.63, 3.8) is 0 Å². The van der Waals surface area contributed by atoms with Crippen LogP contribution in [0, 0.1) is 5.92 Å². The quantitative estimate of drug-likeness (QED) is 0.798. The van der Waals surface area contributed by atoms with Crippen LogP contribution < -0.4 is 4.74 Å². The first-order valence-electron chi connectivity index (χ1n) is 7.54. The molecule has 120 valence electrons. The fraction of sp³-hybridized carbons (Fsp3) is 0.562. The number of amides is 1. The second kappa shape index (κ2) is 7.23. The highest BCUT2D eigenvalue weighted by molar-refractivity contribution is 9.10. The maximum atomic E-state index is 12.8. The van der Waals surface area contributed by atoms with Crippen LogP contribution in [0.1, 0.15) is 23.8 Å². The van der Waals surface area contributed by atoms with Crippen LogP contribution in [0.4, 0.5) is 0 Å². The maximum absolute atomic E-state index is 12.8. The average Bonchev–Trinajstić information content (AvgIpc) is 3.04. The molecule has 4 nitrogen and oxygen atoms in total. The molecule has 1 aromatic carbocycles. The van der Waals surface area contributed by atoms with Gasteiger partial charge in [-0.3, -0.25) is 4.79 Å². The van der Waals surface area contributed by atoms with E-state index in [4.69, 9.17) is 9.47 Å². The topological polar surface area (TPSA) is 38.8 Å². The minimum atomic E-state index is 0.109. The van der Waals surface area contributed by atoms with Crippen molar-refractivity contribution in [1.82, 2.24) is 4.90 Å². The number of hydrogen-bond donors (Lipinski definition) is 0. The predicted molar refractivity (Wildman–Crippen MR) is 91.1 cm³/mol. The summed E-state index contributed by atoms with van der Waals surface area (Å²) >= 11 is 5.36. The summed E-state index contributed by atoms with van der Waals surface area (Å²) in [5, 5.41) is 0.109. The Hall–Kier alpha value is -0.720. The third-order valence-electron chi connectivity index (χ3n) is 4.21. The predicted octanol–water partition coefficient (Wildman–Crippen LogP) is 3.46. The Bertz CT molecular complexity index is 548. The lowest BCUT2D eigenvalue weighted by atomic mass is 9.98. The van der Waals surface area contributed by atoms with Gasteiger partial charge in [0.2, 0.25) is 5.91 Å². The summed E-state index contributed by atoms with van der Waals surface area (Å²) in [6, 6.07) is 6.07. The Morgan fingerprint density at radius 3 is 2.86 bits per heavy atom. The number of carbonyl (C=O) groups excluding carboxylic acids is 1. The molecule has 1 amide bonds. The summed E-state index contributed by atoms with van der Waals surface area (Å²) in [7, 11) is 1.66. The van der Waals surface area contributed by atoms with Gasteiger partial charge in [-0.15, -0.1) is 11.8 Å². The Labute approximate surface area is 143 Å². The SMILES string of the molecule is COc1ccc(C2SCCN2C(=O)C2CCOCC2)cc1Br. The van der Waals surface area contributed by atoms with Gasteiger partial charge in [0.05, 0.1) is 11.6 Å². The zero-order chi connectivity index (χ0) is 15.5. The lowest BCUT2D eigenvalue weighted by Crippen LogP contribution is -2.38. The highest BCUT2D eigenvalue weighted by Gasteiger charge is 2.35. The van der Waals surface area contributed by atoms with E-state index in [2.05, 4.69) is 28.1 Å². The van der Waals surface area contributed by atoms with Gasteiger partial charge >= 0.3 is 0 Å². The number of rotatable bonds is 3. The van der Waals surface area contributed by atoms with Crippen LogP contribution in [0.3, 0.4) is 0 Å². The molecule has 0 radical (unpaired) electrons. The zero-order valence-corrected chi connectivity index (χ0v) is 15.0. The number of nitrogens with zero attached hydrogens (tertiary/aromatic N) is 1. The minimum absolute atomic E-state index is 0.109. The monoisotopic (exact) mass is 385 g/mol. The first kappa shape index (κ1) is 16.1. The molecule has 0 aliphatic carbocycles. The van der Waals surface area contributed by atoms with Crippen molar-refractivity contribution in [2.75, 3.05) is 32.6 Å². The van der Waals surface area contributed by atoms with Gasteiger partial charge in [0.1, 0.15) is 11.1 Å². The number of hydrogen-bond acceptors (Lipinski definition) is 4. The van der Waals surface area contributed by atoms with Crippen LogP contribution in [0.2, 0.25) is 0 Å². The lowest BCUT2D eigenvalue weighted by Gasteiger charge is -2.30. The Morgan fingerprint density at radius 2 is 2.18 bits per heavy atom. The van der Waals surface area contributed by atoms with Crippen molar-refractivity contribution in [2.24, 2.45) is 5.92 Å². The van der Waals surface area contributed by atoms with Gasteiger partial charge in [-0.2, -0.15) is 0 Å². The molecule has 2 heterocycles. The molecular weight excluding hydrogens is 366 g/mol. The second-order valence-electron chi connectivity index (χ2n) is 5.54. The summed E-state index contributed by atoms with van der Waals surface area (Å²) < 4.78 is 11.6. The molecule has 1 aromatic rings. The van der Waals surface area contributed by atoms with E-state index in [0.717, 1.165) is 40.9 Å². The first-order chi connectivity index (χ1) is 10.7. The van der Waals surface area contributed by atoms with E-state index in [1.54, 1.807) is 7.11 Å². The Balaban J connectivity index is 1.77. The van der Waals surface area contributed by atoms with Crippen LogP contribution in [0.5, 0.6) is 5.75 Å². The van der Waals surface area contributed by atoms with E-state index in [9.17, 15) is 4.79 Å². The molecule has 2 aliphatic heterocycles. The van der Waals surface area contributed by atoms with E-state index in [1.807, 2.05) is 22.7 Å². The third-order valence-corrected chi connectivity index (χ3v) is 6.09. The molecule has 0 N–H and O–H groups in total.